The van der Waals surface area contributed by atoms with Crippen molar-refractivity contribution in [3.63, 3.8) is 0 Å². The summed E-state index contributed by atoms with van der Waals surface area (Å²) in [6.45, 7) is 4.85. The standard InChI is InChI=1S/C10H21NO/c1-3-5-10(9-12)6-4-7-11(2)8-10/h12H,3-9H2,1-2H3. The number of nitrogens with zero attached hydrogens (tertiary/aromatic N) is 1. The third kappa shape index (κ3) is 2.20. The summed E-state index contributed by atoms with van der Waals surface area (Å²) in [6, 6.07) is 0. The Hall–Kier alpha value is -0.0800. The van der Waals surface area contributed by atoms with Crippen molar-refractivity contribution in [2.45, 2.75) is 32.6 Å². The smallest absolute Gasteiger partial charge is 0.0499 e. The van der Waals surface area contributed by atoms with Gasteiger partial charge < -0.3 is 10.0 Å². The van der Waals surface area contributed by atoms with E-state index in [2.05, 4.69) is 18.9 Å². The average molecular weight is 171 g/mol. The first-order valence-electron chi connectivity index (χ1n) is 5.02. The lowest BCUT2D eigenvalue weighted by atomic mass is 9.77. The lowest BCUT2D eigenvalue weighted by molar-refractivity contribution is 0.0360. The van der Waals surface area contributed by atoms with Crippen molar-refractivity contribution in [1.29, 1.82) is 0 Å². The van der Waals surface area contributed by atoms with Crippen LogP contribution in [0, 0.1) is 5.41 Å². The maximum atomic E-state index is 9.36. The molecule has 1 heterocycles. The van der Waals surface area contributed by atoms with Crippen molar-refractivity contribution < 1.29 is 5.11 Å². The van der Waals surface area contributed by atoms with Gasteiger partial charge in [0.2, 0.25) is 0 Å². The van der Waals surface area contributed by atoms with Crippen LogP contribution in [0.5, 0.6) is 0 Å². The SMILES string of the molecule is CCCC1(CO)CCCN(C)C1. The van der Waals surface area contributed by atoms with Crippen molar-refractivity contribution in [3.8, 4) is 0 Å². The van der Waals surface area contributed by atoms with Crippen LogP contribution in [0.1, 0.15) is 32.6 Å². The topological polar surface area (TPSA) is 23.5 Å². The van der Waals surface area contributed by atoms with E-state index in [1.54, 1.807) is 0 Å². The van der Waals surface area contributed by atoms with Crippen LogP contribution < -0.4 is 0 Å². The predicted octanol–water partition coefficient (Wildman–Crippen LogP) is 1.49. The van der Waals surface area contributed by atoms with Gasteiger partial charge >= 0.3 is 0 Å². The maximum Gasteiger partial charge on any atom is 0.0499 e. The summed E-state index contributed by atoms with van der Waals surface area (Å²) >= 11 is 0. The van der Waals surface area contributed by atoms with Gasteiger partial charge in [0.15, 0.2) is 0 Å². The Labute approximate surface area is 75.6 Å². The van der Waals surface area contributed by atoms with Crippen LogP contribution in [0.3, 0.4) is 0 Å². The summed E-state index contributed by atoms with van der Waals surface area (Å²) in [5.74, 6) is 0. The Morgan fingerprint density at radius 2 is 2.25 bits per heavy atom. The molecule has 0 saturated carbocycles. The van der Waals surface area contributed by atoms with Gasteiger partial charge in [0.1, 0.15) is 0 Å². The number of piperidine rings is 1. The molecule has 1 rings (SSSR count). The highest BCUT2D eigenvalue weighted by Gasteiger charge is 2.32. The molecular formula is C10H21NO. The van der Waals surface area contributed by atoms with Gasteiger partial charge in [-0.1, -0.05) is 13.3 Å². The van der Waals surface area contributed by atoms with Gasteiger partial charge in [-0.15, -0.1) is 0 Å². The summed E-state index contributed by atoms with van der Waals surface area (Å²) < 4.78 is 0. The average Bonchev–Trinajstić information content (AvgIpc) is 2.05. The van der Waals surface area contributed by atoms with Crippen molar-refractivity contribution in [2.75, 3.05) is 26.7 Å². The molecule has 1 atom stereocenters. The minimum atomic E-state index is 0.224. The molecule has 0 aliphatic carbocycles. The molecular weight excluding hydrogens is 150 g/mol. The molecule has 1 saturated heterocycles. The van der Waals surface area contributed by atoms with Gasteiger partial charge in [0, 0.05) is 18.6 Å². The monoisotopic (exact) mass is 171 g/mol. The molecule has 1 fully saturated rings. The van der Waals surface area contributed by atoms with Crippen LogP contribution >= 0.6 is 0 Å². The van der Waals surface area contributed by atoms with E-state index in [9.17, 15) is 5.11 Å². The molecule has 2 nitrogen and oxygen atoms in total. The first-order chi connectivity index (χ1) is 5.72. The predicted molar refractivity (Wildman–Crippen MR) is 51.2 cm³/mol. The maximum absolute atomic E-state index is 9.36. The lowest BCUT2D eigenvalue weighted by Crippen LogP contribution is -2.43. The molecule has 72 valence electrons. The molecule has 12 heavy (non-hydrogen) atoms. The second-order valence-electron chi connectivity index (χ2n) is 4.25. The third-order valence-electron chi connectivity index (χ3n) is 2.97. The number of hydrogen-bond donors (Lipinski definition) is 1. The quantitative estimate of drug-likeness (QED) is 0.695. The molecule has 0 aromatic heterocycles. The molecule has 0 bridgehead atoms. The fourth-order valence-electron chi connectivity index (χ4n) is 2.40. The number of rotatable bonds is 3. The first-order valence-corrected chi connectivity index (χ1v) is 5.02. The fraction of sp³-hybridized carbons (Fsp3) is 1.00. The van der Waals surface area contributed by atoms with Crippen LogP contribution in [0.15, 0.2) is 0 Å². The Balaban J connectivity index is 2.51. The Bertz CT molecular complexity index is 134. The number of likely N-dealkylation sites (tertiary alicyclic amines) is 1. The van der Waals surface area contributed by atoms with E-state index >= 15 is 0 Å². The molecule has 0 amide bonds. The zero-order valence-electron chi connectivity index (χ0n) is 8.34. The first kappa shape index (κ1) is 10.0. The molecule has 2 heteroatoms. The van der Waals surface area contributed by atoms with Gasteiger partial charge in [0.25, 0.3) is 0 Å². The van der Waals surface area contributed by atoms with Gasteiger partial charge in [0.05, 0.1) is 0 Å². The summed E-state index contributed by atoms with van der Waals surface area (Å²) in [7, 11) is 2.15. The van der Waals surface area contributed by atoms with Crippen LogP contribution in [-0.4, -0.2) is 36.8 Å². The highest BCUT2D eigenvalue weighted by Crippen LogP contribution is 2.33. The van der Waals surface area contributed by atoms with E-state index in [0.717, 1.165) is 6.54 Å². The highest BCUT2D eigenvalue weighted by atomic mass is 16.3. The summed E-state index contributed by atoms with van der Waals surface area (Å²) in [5.41, 5.74) is 0.224. The van der Waals surface area contributed by atoms with Gasteiger partial charge in [-0.2, -0.15) is 0 Å². The molecule has 1 unspecified atom stereocenters. The van der Waals surface area contributed by atoms with E-state index < -0.39 is 0 Å². The normalized spacial score (nSPS) is 32.2. The number of aliphatic hydroxyl groups is 1. The second kappa shape index (κ2) is 4.24. The van der Waals surface area contributed by atoms with E-state index in [4.69, 9.17) is 0 Å². The van der Waals surface area contributed by atoms with Gasteiger partial charge in [-0.25, -0.2) is 0 Å². The molecule has 1 aliphatic rings. The molecule has 0 aromatic rings. The molecule has 0 aromatic carbocycles. The van der Waals surface area contributed by atoms with Crippen LogP contribution in [-0.2, 0) is 0 Å². The number of aliphatic hydroxyl groups excluding tert-OH is 1. The van der Waals surface area contributed by atoms with Crippen molar-refractivity contribution >= 4 is 0 Å². The lowest BCUT2D eigenvalue weighted by Gasteiger charge is -2.40. The van der Waals surface area contributed by atoms with Gasteiger partial charge in [-0.3, -0.25) is 0 Å². The Kier molecular flexibility index (Phi) is 3.53. The fourth-order valence-corrected chi connectivity index (χ4v) is 2.40. The summed E-state index contributed by atoms with van der Waals surface area (Å²) in [4.78, 5) is 2.34. The number of hydrogen-bond acceptors (Lipinski definition) is 2. The molecule has 0 spiro atoms. The van der Waals surface area contributed by atoms with Crippen LogP contribution in [0.4, 0.5) is 0 Å². The summed E-state index contributed by atoms with van der Waals surface area (Å²) in [5, 5.41) is 9.36. The van der Waals surface area contributed by atoms with Gasteiger partial charge in [-0.05, 0) is 32.9 Å². The van der Waals surface area contributed by atoms with E-state index in [-0.39, 0.29) is 5.41 Å². The van der Waals surface area contributed by atoms with Crippen molar-refractivity contribution in [3.05, 3.63) is 0 Å². The second-order valence-corrected chi connectivity index (χ2v) is 4.25. The molecule has 1 aliphatic heterocycles. The molecule has 0 radical (unpaired) electrons. The highest BCUT2D eigenvalue weighted by molar-refractivity contribution is 4.85. The van der Waals surface area contributed by atoms with Crippen molar-refractivity contribution in [1.82, 2.24) is 4.90 Å². The van der Waals surface area contributed by atoms with Crippen molar-refractivity contribution in [2.24, 2.45) is 5.41 Å². The summed E-state index contributed by atoms with van der Waals surface area (Å²) in [6.07, 6.45) is 4.82. The minimum Gasteiger partial charge on any atom is -0.396 e. The Morgan fingerprint density at radius 1 is 1.50 bits per heavy atom. The third-order valence-corrected chi connectivity index (χ3v) is 2.97. The molecule has 1 N–H and O–H groups in total. The largest absolute Gasteiger partial charge is 0.396 e. The zero-order chi connectivity index (χ0) is 9.03. The van der Waals surface area contributed by atoms with E-state index in [1.165, 1.54) is 32.2 Å². The zero-order valence-corrected chi connectivity index (χ0v) is 8.34. The van der Waals surface area contributed by atoms with Crippen LogP contribution in [0.25, 0.3) is 0 Å². The van der Waals surface area contributed by atoms with Crippen LogP contribution in [0.2, 0.25) is 0 Å². The van der Waals surface area contributed by atoms with E-state index in [0.29, 0.717) is 6.61 Å². The minimum absolute atomic E-state index is 0.224. The van der Waals surface area contributed by atoms with E-state index in [1.807, 2.05) is 0 Å². The Morgan fingerprint density at radius 3 is 2.75 bits per heavy atom.